The summed E-state index contributed by atoms with van der Waals surface area (Å²) in [6, 6.07) is 26.4. The molecule has 0 spiro atoms. The minimum atomic E-state index is 0.203. The van der Waals surface area contributed by atoms with Gasteiger partial charge in [0, 0.05) is 35.8 Å². The van der Waals surface area contributed by atoms with Crippen molar-refractivity contribution in [2.24, 2.45) is 0 Å². The molecule has 1 N–H and O–H groups in total. The molecule has 3 aromatic heterocycles. The van der Waals surface area contributed by atoms with Crippen LogP contribution >= 0.6 is 0 Å². The van der Waals surface area contributed by atoms with E-state index in [1.54, 1.807) is 42.9 Å². The van der Waals surface area contributed by atoms with Crippen molar-refractivity contribution in [1.82, 2.24) is 19.9 Å². The van der Waals surface area contributed by atoms with Crippen LogP contribution in [0.4, 0.5) is 0 Å². The molecule has 0 aliphatic heterocycles. The molecule has 0 aliphatic carbocycles. The summed E-state index contributed by atoms with van der Waals surface area (Å²) in [5.41, 5.74) is 4.91. The van der Waals surface area contributed by atoms with Gasteiger partial charge in [-0.25, -0.2) is 4.98 Å². The Hall–Kier alpha value is -4.58. The van der Waals surface area contributed by atoms with Crippen molar-refractivity contribution < 1.29 is 9.84 Å². The minimum absolute atomic E-state index is 0.203. The Morgan fingerprint density at radius 1 is 0.697 bits per heavy atom. The van der Waals surface area contributed by atoms with E-state index >= 15 is 0 Å². The zero-order chi connectivity index (χ0) is 22.5. The van der Waals surface area contributed by atoms with Crippen LogP contribution in [0.25, 0.3) is 33.9 Å². The number of aromatic nitrogens is 4. The summed E-state index contributed by atoms with van der Waals surface area (Å²) in [7, 11) is 0. The molecule has 0 aliphatic rings. The highest BCUT2D eigenvalue weighted by molar-refractivity contribution is 5.72. The molecule has 6 heteroatoms. The maximum atomic E-state index is 9.85. The maximum absolute atomic E-state index is 9.85. The number of hydrogen-bond donors (Lipinski definition) is 1. The number of ether oxygens (including phenoxy) is 1. The van der Waals surface area contributed by atoms with Crippen molar-refractivity contribution >= 4 is 0 Å². The Kier molecular flexibility index (Phi) is 5.72. The van der Waals surface area contributed by atoms with Crippen LogP contribution in [0.2, 0.25) is 0 Å². The SMILES string of the molecule is Oc1cccc(-c2cncc(-c3cc(OCc4ccccc4)nc(-c4ccccn4)n3)c2)c1. The van der Waals surface area contributed by atoms with E-state index in [9.17, 15) is 5.11 Å². The van der Waals surface area contributed by atoms with Gasteiger partial charge in [0.1, 0.15) is 18.1 Å². The second kappa shape index (κ2) is 9.28. The molecule has 0 saturated heterocycles. The van der Waals surface area contributed by atoms with E-state index in [0.717, 1.165) is 22.3 Å². The van der Waals surface area contributed by atoms with Gasteiger partial charge < -0.3 is 9.84 Å². The summed E-state index contributed by atoms with van der Waals surface area (Å²) < 4.78 is 6.01. The summed E-state index contributed by atoms with van der Waals surface area (Å²) >= 11 is 0. The van der Waals surface area contributed by atoms with E-state index in [0.29, 0.717) is 29.7 Å². The van der Waals surface area contributed by atoms with Crippen molar-refractivity contribution in [3.05, 3.63) is 109 Å². The van der Waals surface area contributed by atoms with Gasteiger partial charge >= 0.3 is 0 Å². The highest BCUT2D eigenvalue weighted by Gasteiger charge is 2.12. The zero-order valence-corrected chi connectivity index (χ0v) is 17.7. The normalized spacial score (nSPS) is 10.7. The van der Waals surface area contributed by atoms with Gasteiger partial charge in [0.25, 0.3) is 0 Å². The van der Waals surface area contributed by atoms with Gasteiger partial charge in [-0.05, 0) is 41.5 Å². The third-order valence-electron chi connectivity index (χ3n) is 5.04. The summed E-state index contributed by atoms with van der Waals surface area (Å²) in [5, 5.41) is 9.85. The van der Waals surface area contributed by atoms with Gasteiger partial charge in [-0.2, -0.15) is 4.98 Å². The average Bonchev–Trinajstić information content (AvgIpc) is 2.88. The van der Waals surface area contributed by atoms with Crippen LogP contribution < -0.4 is 4.74 Å². The van der Waals surface area contributed by atoms with Crippen molar-refractivity contribution in [3.63, 3.8) is 0 Å². The lowest BCUT2D eigenvalue weighted by molar-refractivity contribution is 0.294. The number of aromatic hydroxyl groups is 1. The molecular formula is C27H20N4O2. The molecule has 0 unspecified atom stereocenters. The summed E-state index contributed by atoms with van der Waals surface area (Å²) in [6.45, 7) is 0.389. The molecule has 0 fully saturated rings. The van der Waals surface area contributed by atoms with E-state index in [2.05, 4.69) is 15.0 Å². The first-order valence-corrected chi connectivity index (χ1v) is 10.5. The van der Waals surface area contributed by atoms with Crippen molar-refractivity contribution in [2.75, 3.05) is 0 Å². The van der Waals surface area contributed by atoms with Gasteiger partial charge in [0.05, 0.1) is 5.69 Å². The second-order valence-electron chi connectivity index (χ2n) is 7.42. The van der Waals surface area contributed by atoms with Crippen molar-refractivity contribution in [3.8, 4) is 45.5 Å². The van der Waals surface area contributed by atoms with Crippen LogP contribution in [-0.2, 0) is 6.61 Å². The van der Waals surface area contributed by atoms with Gasteiger partial charge in [-0.1, -0.05) is 48.5 Å². The number of pyridine rings is 2. The van der Waals surface area contributed by atoms with Gasteiger partial charge in [-0.3, -0.25) is 9.97 Å². The molecular weight excluding hydrogens is 412 g/mol. The number of phenols is 1. The van der Waals surface area contributed by atoms with Crippen LogP contribution in [0.3, 0.4) is 0 Å². The minimum Gasteiger partial charge on any atom is -0.508 e. The fourth-order valence-corrected chi connectivity index (χ4v) is 3.41. The highest BCUT2D eigenvalue weighted by atomic mass is 16.5. The first-order chi connectivity index (χ1) is 16.2. The number of rotatable bonds is 6. The third kappa shape index (κ3) is 4.85. The number of hydrogen-bond acceptors (Lipinski definition) is 6. The Labute approximate surface area is 191 Å². The van der Waals surface area contributed by atoms with E-state index in [1.807, 2.05) is 60.7 Å². The number of phenolic OH excluding ortho intramolecular Hbond substituents is 1. The van der Waals surface area contributed by atoms with E-state index in [1.165, 1.54) is 0 Å². The van der Waals surface area contributed by atoms with Crippen LogP contribution in [0, 0.1) is 0 Å². The molecule has 5 aromatic rings. The molecule has 2 aromatic carbocycles. The lowest BCUT2D eigenvalue weighted by atomic mass is 10.0. The smallest absolute Gasteiger partial charge is 0.217 e. The van der Waals surface area contributed by atoms with Gasteiger partial charge in [0.2, 0.25) is 5.88 Å². The molecule has 0 amide bonds. The predicted octanol–water partition coefficient (Wildman–Crippen LogP) is 5.55. The summed E-state index contributed by atoms with van der Waals surface area (Å²) in [4.78, 5) is 18.1. The Balaban J connectivity index is 1.54. The number of benzene rings is 2. The molecule has 0 radical (unpaired) electrons. The van der Waals surface area contributed by atoms with Crippen LogP contribution in [-0.4, -0.2) is 25.0 Å². The van der Waals surface area contributed by atoms with Crippen LogP contribution in [0.15, 0.2) is 104 Å². The average molecular weight is 432 g/mol. The molecule has 6 nitrogen and oxygen atoms in total. The molecule has 0 bridgehead atoms. The number of nitrogens with zero attached hydrogens (tertiary/aromatic N) is 4. The van der Waals surface area contributed by atoms with Crippen molar-refractivity contribution in [2.45, 2.75) is 6.61 Å². The Morgan fingerprint density at radius 2 is 1.55 bits per heavy atom. The van der Waals surface area contributed by atoms with E-state index in [4.69, 9.17) is 9.72 Å². The molecule has 33 heavy (non-hydrogen) atoms. The van der Waals surface area contributed by atoms with Crippen LogP contribution in [0.1, 0.15) is 5.56 Å². The molecule has 0 atom stereocenters. The van der Waals surface area contributed by atoms with Gasteiger partial charge in [0.15, 0.2) is 5.82 Å². The summed E-state index contributed by atoms with van der Waals surface area (Å²) in [5.74, 6) is 1.13. The first-order valence-electron chi connectivity index (χ1n) is 10.5. The lowest BCUT2D eigenvalue weighted by Gasteiger charge is -2.11. The fraction of sp³-hybridized carbons (Fsp3) is 0.0370. The predicted molar refractivity (Wildman–Crippen MR) is 126 cm³/mol. The van der Waals surface area contributed by atoms with E-state index < -0.39 is 0 Å². The Morgan fingerprint density at radius 3 is 2.36 bits per heavy atom. The highest BCUT2D eigenvalue weighted by Crippen LogP contribution is 2.29. The molecule has 0 saturated carbocycles. The maximum Gasteiger partial charge on any atom is 0.217 e. The quantitative estimate of drug-likeness (QED) is 0.379. The molecule has 3 heterocycles. The van der Waals surface area contributed by atoms with E-state index in [-0.39, 0.29) is 5.75 Å². The second-order valence-corrected chi connectivity index (χ2v) is 7.42. The lowest BCUT2D eigenvalue weighted by Crippen LogP contribution is -2.01. The van der Waals surface area contributed by atoms with Crippen molar-refractivity contribution in [1.29, 1.82) is 0 Å². The molecule has 5 rings (SSSR count). The largest absolute Gasteiger partial charge is 0.508 e. The Bertz CT molecular complexity index is 1380. The zero-order valence-electron chi connectivity index (χ0n) is 17.7. The van der Waals surface area contributed by atoms with Crippen LogP contribution in [0.5, 0.6) is 11.6 Å². The fourth-order valence-electron chi connectivity index (χ4n) is 3.41. The van der Waals surface area contributed by atoms with Gasteiger partial charge in [-0.15, -0.1) is 0 Å². The molecule has 160 valence electrons. The monoisotopic (exact) mass is 432 g/mol. The summed E-state index contributed by atoms with van der Waals surface area (Å²) in [6.07, 6.45) is 5.21. The standard InChI is InChI=1S/C27H20N4O2/c32-23-10-6-9-20(14-23)21-13-22(17-28-16-21)25-15-26(33-18-19-7-2-1-3-8-19)31-27(30-25)24-11-4-5-12-29-24/h1-17,32H,18H2. The topological polar surface area (TPSA) is 81.0 Å². The first kappa shape index (κ1) is 20.3. The third-order valence-corrected chi connectivity index (χ3v) is 5.04.